The number of para-hydroxylation sites is 4. The molecule has 9 aromatic rings. The summed E-state index contributed by atoms with van der Waals surface area (Å²) in [6.07, 6.45) is 4.29. The minimum Gasteiger partial charge on any atom is -0.460 e. The van der Waals surface area contributed by atoms with Gasteiger partial charge in [-0.2, -0.15) is 0 Å². The Morgan fingerprint density at radius 1 is 0.489 bits per heavy atom. The van der Waals surface area contributed by atoms with E-state index in [2.05, 4.69) is 155 Å². The summed E-state index contributed by atoms with van der Waals surface area (Å²) in [6, 6.07) is 50.5. The molecule has 0 atom stereocenters. The summed E-state index contributed by atoms with van der Waals surface area (Å²) in [5, 5.41) is 6.21. The number of aryl methyl sites for hydroxylation is 1. The van der Waals surface area contributed by atoms with Crippen molar-refractivity contribution in [3.05, 3.63) is 162 Å². The molecule has 0 bridgehead atoms. The van der Waals surface area contributed by atoms with Crippen molar-refractivity contribution in [2.24, 2.45) is 0 Å². The maximum atomic E-state index is 6.34. The molecule has 0 unspecified atom stereocenters. The fraction of sp³-hybridized carbons (Fsp3) is 0.0476. The standard InChI is InChI=1S/C42H28N2O/c1-2-13-28(14-3-1)43-36-20-7-4-16-31(36)33-24-25-34-32-17-5-8-21-37(32)44(42(34)41(33)43)29-15-10-12-27(26-29)30-19-11-23-39-40(30)35-18-6-9-22-38(35)45-39/h1-10,12-22,24-26H,11,23H2. The second-order valence-corrected chi connectivity index (χ2v) is 12.0. The first kappa shape index (κ1) is 24.6. The van der Waals surface area contributed by atoms with Gasteiger partial charge >= 0.3 is 0 Å². The summed E-state index contributed by atoms with van der Waals surface area (Å²) in [6.45, 7) is 0. The number of benzene rings is 6. The maximum Gasteiger partial charge on any atom is 0.134 e. The molecular formula is C42H28N2O. The Morgan fingerprint density at radius 2 is 1.09 bits per heavy atom. The van der Waals surface area contributed by atoms with Crippen LogP contribution in [0.25, 0.3) is 71.5 Å². The summed E-state index contributed by atoms with van der Waals surface area (Å²) in [7, 11) is 0. The molecule has 3 heteroatoms. The first-order chi connectivity index (χ1) is 22.3. The fourth-order valence-corrected chi connectivity index (χ4v) is 7.71. The van der Waals surface area contributed by atoms with Crippen LogP contribution in [0.15, 0.2) is 150 Å². The van der Waals surface area contributed by atoms with Crippen LogP contribution in [0, 0.1) is 0 Å². The SMILES string of the molecule is C1=C(c2cccc(-n3c4ccccc4c4ccc5c6ccccc6n(-c6ccccc6)c5c43)c2)c2c(oc3ccccc23)CC1. The van der Waals surface area contributed by atoms with E-state index < -0.39 is 0 Å². The van der Waals surface area contributed by atoms with Crippen LogP contribution in [0.5, 0.6) is 0 Å². The van der Waals surface area contributed by atoms with Gasteiger partial charge in [0.25, 0.3) is 0 Å². The molecule has 1 aliphatic rings. The zero-order chi connectivity index (χ0) is 29.5. The Labute approximate surface area is 259 Å². The molecular weight excluding hydrogens is 548 g/mol. The average molecular weight is 577 g/mol. The number of allylic oxidation sites excluding steroid dienone is 1. The molecule has 6 aromatic carbocycles. The zero-order valence-electron chi connectivity index (χ0n) is 24.6. The number of hydrogen-bond donors (Lipinski definition) is 0. The van der Waals surface area contributed by atoms with E-state index >= 15 is 0 Å². The van der Waals surface area contributed by atoms with E-state index in [-0.39, 0.29) is 0 Å². The fourth-order valence-electron chi connectivity index (χ4n) is 7.71. The number of aromatic nitrogens is 2. The van der Waals surface area contributed by atoms with Gasteiger partial charge in [0, 0.05) is 50.3 Å². The number of hydrogen-bond acceptors (Lipinski definition) is 1. The van der Waals surface area contributed by atoms with E-state index in [1.807, 2.05) is 0 Å². The predicted molar refractivity (Wildman–Crippen MR) is 187 cm³/mol. The Hall–Kier alpha value is -5.80. The first-order valence-electron chi connectivity index (χ1n) is 15.7. The lowest BCUT2D eigenvalue weighted by Gasteiger charge is -2.16. The molecule has 212 valence electrons. The third-order valence-electron chi connectivity index (χ3n) is 9.56. The molecule has 3 nitrogen and oxygen atoms in total. The monoisotopic (exact) mass is 576 g/mol. The summed E-state index contributed by atoms with van der Waals surface area (Å²) >= 11 is 0. The molecule has 3 heterocycles. The van der Waals surface area contributed by atoms with Gasteiger partial charge in [0.2, 0.25) is 0 Å². The molecule has 0 aliphatic heterocycles. The second-order valence-electron chi connectivity index (χ2n) is 12.0. The van der Waals surface area contributed by atoms with Gasteiger partial charge in [0.15, 0.2) is 0 Å². The van der Waals surface area contributed by atoms with Gasteiger partial charge in [-0.05, 0) is 60.0 Å². The van der Waals surface area contributed by atoms with Crippen molar-refractivity contribution in [2.45, 2.75) is 12.8 Å². The first-order valence-corrected chi connectivity index (χ1v) is 15.7. The molecule has 10 rings (SSSR count). The minimum absolute atomic E-state index is 0.933. The quantitative estimate of drug-likeness (QED) is 0.205. The van der Waals surface area contributed by atoms with Crippen molar-refractivity contribution in [3.8, 4) is 11.4 Å². The normalized spacial score (nSPS) is 13.3. The highest BCUT2D eigenvalue weighted by molar-refractivity contribution is 6.23. The van der Waals surface area contributed by atoms with Crippen LogP contribution < -0.4 is 0 Å². The predicted octanol–water partition coefficient (Wildman–Crippen LogP) is 11.0. The Morgan fingerprint density at radius 3 is 1.82 bits per heavy atom. The van der Waals surface area contributed by atoms with Crippen LogP contribution in [-0.4, -0.2) is 9.13 Å². The van der Waals surface area contributed by atoms with Crippen molar-refractivity contribution in [3.63, 3.8) is 0 Å². The van der Waals surface area contributed by atoms with Crippen LogP contribution in [0.3, 0.4) is 0 Å². The Balaban J connectivity index is 1.31. The third-order valence-corrected chi connectivity index (χ3v) is 9.56. The van der Waals surface area contributed by atoms with E-state index in [0.717, 1.165) is 35.6 Å². The van der Waals surface area contributed by atoms with E-state index in [9.17, 15) is 0 Å². The van der Waals surface area contributed by atoms with Crippen molar-refractivity contribution < 1.29 is 4.42 Å². The van der Waals surface area contributed by atoms with Gasteiger partial charge in [0.05, 0.1) is 22.1 Å². The van der Waals surface area contributed by atoms with Gasteiger partial charge in [0.1, 0.15) is 11.3 Å². The number of nitrogens with zero attached hydrogens (tertiary/aromatic N) is 2. The molecule has 1 aliphatic carbocycles. The summed E-state index contributed by atoms with van der Waals surface area (Å²) in [5.41, 5.74) is 11.8. The molecule has 0 N–H and O–H groups in total. The Kier molecular flexibility index (Phi) is 5.11. The number of fused-ring (bicyclic) bond motifs is 10. The summed E-state index contributed by atoms with van der Waals surface area (Å²) in [4.78, 5) is 0. The molecule has 3 aromatic heterocycles. The lowest BCUT2D eigenvalue weighted by atomic mass is 9.89. The zero-order valence-corrected chi connectivity index (χ0v) is 24.6. The van der Waals surface area contributed by atoms with Gasteiger partial charge in [-0.1, -0.05) is 103 Å². The molecule has 0 amide bonds. The van der Waals surface area contributed by atoms with E-state index in [4.69, 9.17) is 4.42 Å². The number of furan rings is 1. The van der Waals surface area contributed by atoms with Gasteiger partial charge < -0.3 is 13.6 Å². The van der Waals surface area contributed by atoms with Crippen LogP contribution in [0.2, 0.25) is 0 Å². The average Bonchev–Trinajstić information content (AvgIpc) is 3.76. The smallest absolute Gasteiger partial charge is 0.134 e. The molecule has 0 radical (unpaired) electrons. The summed E-state index contributed by atoms with van der Waals surface area (Å²) < 4.78 is 11.3. The highest BCUT2D eigenvalue weighted by Crippen LogP contribution is 2.43. The van der Waals surface area contributed by atoms with E-state index in [1.165, 1.54) is 65.7 Å². The molecule has 0 saturated carbocycles. The lowest BCUT2D eigenvalue weighted by Crippen LogP contribution is -2.01. The summed E-state index contributed by atoms with van der Waals surface area (Å²) in [5.74, 6) is 1.09. The van der Waals surface area contributed by atoms with Gasteiger partial charge in [-0.15, -0.1) is 0 Å². The highest BCUT2D eigenvalue weighted by atomic mass is 16.3. The lowest BCUT2D eigenvalue weighted by molar-refractivity contribution is 0.545. The highest BCUT2D eigenvalue weighted by Gasteiger charge is 2.24. The maximum absolute atomic E-state index is 6.34. The van der Waals surface area contributed by atoms with Gasteiger partial charge in [-0.3, -0.25) is 0 Å². The second kappa shape index (κ2) is 9.35. The van der Waals surface area contributed by atoms with E-state index in [0.29, 0.717) is 0 Å². The topological polar surface area (TPSA) is 23.0 Å². The minimum atomic E-state index is 0.933. The van der Waals surface area contributed by atoms with Gasteiger partial charge in [-0.25, -0.2) is 0 Å². The Bertz CT molecular complexity index is 2650. The largest absolute Gasteiger partial charge is 0.460 e. The molecule has 0 fully saturated rings. The van der Waals surface area contributed by atoms with Crippen LogP contribution in [0.1, 0.15) is 23.3 Å². The van der Waals surface area contributed by atoms with Crippen molar-refractivity contribution in [1.29, 1.82) is 0 Å². The molecule has 0 saturated heterocycles. The van der Waals surface area contributed by atoms with Crippen molar-refractivity contribution >= 4 is 60.2 Å². The van der Waals surface area contributed by atoms with Crippen molar-refractivity contribution in [1.82, 2.24) is 9.13 Å². The number of rotatable bonds is 3. The third kappa shape index (κ3) is 3.46. The van der Waals surface area contributed by atoms with Crippen LogP contribution >= 0.6 is 0 Å². The van der Waals surface area contributed by atoms with Crippen LogP contribution in [0.4, 0.5) is 0 Å². The molecule has 45 heavy (non-hydrogen) atoms. The molecule has 0 spiro atoms. The van der Waals surface area contributed by atoms with Crippen LogP contribution in [-0.2, 0) is 6.42 Å². The van der Waals surface area contributed by atoms with Crippen molar-refractivity contribution in [2.75, 3.05) is 0 Å². The van der Waals surface area contributed by atoms with E-state index in [1.54, 1.807) is 0 Å².